The molecule has 2 aromatic rings. The van der Waals surface area contributed by atoms with Gasteiger partial charge in [0.25, 0.3) is 0 Å². The number of aliphatic hydroxyl groups excluding tert-OH is 1. The van der Waals surface area contributed by atoms with E-state index >= 15 is 0 Å². The Hall–Kier alpha value is -3.39. The number of nitrogens with zero attached hydrogens (tertiary/aromatic N) is 2. The van der Waals surface area contributed by atoms with Gasteiger partial charge < -0.3 is 24.6 Å². The standard InChI is InChI=1S/C18H22N2O2.C4H4O4/c1-13(21)9-12-22-16-5-3-15(4-6-16)18-8-7-17-14(2)19-10-11-20(17)18;5-3(6)1-2-4(7)8/h3-8,13,21H,9-12H2,1-2H3;1-2H,(H,5,6)(H,7,8). The van der Waals surface area contributed by atoms with Crippen molar-refractivity contribution in [1.82, 2.24) is 4.57 Å². The zero-order valence-corrected chi connectivity index (χ0v) is 17.0. The fourth-order valence-corrected chi connectivity index (χ4v) is 2.89. The van der Waals surface area contributed by atoms with Crippen LogP contribution in [0.25, 0.3) is 11.3 Å². The Kier molecular flexibility index (Phi) is 8.37. The second-order valence-electron chi connectivity index (χ2n) is 6.74. The van der Waals surface area contributed by atoms with Gasteiger partial charge in [0.15, 0.2) is 0 Å². The van der Waals surface area contributed by atoms with Crippen LogP contribution in [0.4, 0.5) is 0 Å². The number of aliphatic imine (C=N–C) groups is 1. The van der Waals surface area contributed by atoms with E-state index in [9.17, 15) is 14.7 Å². The molecule has 1 atom stereocenters. The summed E-state index contributed by atoms with van der Waals surface area (Å²) in [4.78, 5) is 23.6. The average Bonchev–Trinajstić information content (AvgIpc) is 3.13. The smallest absolute Gasteiger partial charge is 0.328 e. The Morgan fingerprint density at radius 1 is 1.10 bits per heavy atom. The van der Waals surface area contributed by atoms with Gasteiger partial charge in [0.1, 0.15) is 5.75 Å². The average molecular weight is 414 g/mol. The molecule has 0 saturated heterocycles. The number of aliphatic hydroxyl groups is 1. The lowest BCUT2D eigenvalue weighted by Gasteiger charge is -2.17. The molecule has 3 rings (SSSR count). The SMILES string of the molecule is CC1=NCCn2c1ccc2-c1ccc(OCCC(C)O)cc1.O=C(O)C=CC(=O)O. The molecule has 3 N–H and O–H groups in total. The van der Waals surface area contributed by atoms with E-state index in [1.165, 1.54) is 17.0 Å². The fourth-order valence-electron chi connectivity index (χ4n) is 2.89. The third-order valence-electron chi connectivity index (χ3n) is 4.35. The van der Waals surface area contributed by atoms with Crippen LogP contribution in [0.1, 0.15) is 26.0 Å². The molecule has 2 heterocycles. The molecule has 0 radical (unpaired) electrons. The number of fused-ring (bicyclic) bond motifs is 1. The van der Waals surface area contributed by atoms with E-state index in [-0.39, 0.29) is 6.10 Å². The maximum atomic E-state index is 9.55. The summed E-state index contributed by atoms with van der Waals surface area (Å²) in [6, 6.07) is 12.4. The van der Waals surface area contributed by atoms with Gasteiger partial charge in [-0.15, -0.1) is 0 Å². The first-order chi connectivity index (χ1) is 14.3. The second-order valence-corrected chi connectivity index (χ2v) is 6.74. The largest absolute Gasteiger partial charge is 0.493 e. The zero-order valence-electron chi connectivity index (χ0n) is 17.0. The van der Waals surface area contributed by atoms with Crippen molar-refractivity contribution in [3.8, 4) is 17.0 Å². The molecule has 1 aliphatic rings. The van der Waals surface area contributed by atoms with Gasteiger partial charge in [0.05, 0.1) is 30.7 Å². The minimum absolute atomic E-state index is 0.323. The predicted molar refractivity (Wildman–Crippen MR) is 113 cm³/mol. The van der Waals surface area contributed by atoms with Gasteiger partial charge in [-0.25, -0.2) is 9.59 Å². The normalized spacial score (nSPS) is 13.6. The topological polar surface area (TPSA) is 121 Å². The van der Waals surface area contributed by atoms with E-state index in [0.717, 1.165) is 24.6 Å². The van der Waals surface area contributed by atoms with Gasteiger partial charge in [-0.05, 0) is 55.8 Å². The van der Waals surface area contributed by atoms with E-state index < -0.39 is 11.9 Å². The number of hydrogen-bond acceptors (Lipinski definition) is 5. The van der Waals surface area contributed by atoms with Crippen LogP contribution >= 0.6 is 0 Å². The van der Waals surface area contributed by atoms with Gasteiger partial charge in [-0.2, -0.15) is 0 Å². The van der Waals surface area contributed by atoms with Gasteiger partial charge in [-0.1, -0.05) is 0 Å². The Labute approximate surface area is 174 Å². The van der Waals surface area contributed by atoms with E-state index in [1.54, 1.807) is 6.92 Å². The second kappa shape index (κ2) is 11.0. The van der Waals surface area contributed by atoms with E-state index in [2.05, 4.69) is 40.7 Å². The Balaban J connectivity index is 0.000000343. The molecule has 160 valence electrons. The molecule has 0 aliphatic carbocycles. The minimum Gasteiger partial charge on any atom is -0.493 e. The van der Waals surface area contributed by atoms with Gasteiger partial charge in [0, 0.05) is 30.8 Å². The molecule has 0 fully saturated rings. The highest BCUT2D eigenvalue weighted by Crippen LogP contribution is 2.26. The summed E-state index contributed by atoms with van der Waals surface area (Å²) in [6.07, 6.45) is 1.44. The third kappa shape index (κ3) is 6.89. The molecule has 1 aliphatic heterocycles. The van der Waals surface area contributed by atoms with Crippen LogP contribution in [0.3, 0.4) is 0 Å². The summed E-state index contributed by atoms with van der Waals surface area (Å²) in [6.45, 7) is 6.15. The Morgan fingerprint density at radius 2 is 1.70 bits per heavy atom. The van der Waals surface area contributed by atoms with Crippen LogP contribution in [0.15, 0.2) is 53.5 Å². The van der Waals surface area contributed by atoms with E-state index in [4.69, 9.17) is 14.9 Å². The number of benzene rings is 1. The lowest BCUT2D eigenvalue weighted by atomic mass is 10.1. The number of carboxylic acids is 2. The maximum Gasteiger partial charge on any atom is 0.328 e. The van der Waals surface area contributed by atoms with Crippen LogP contribution in [-0.4, -0.2) is 56.8 Å². The van der Waals surface area contributed by atoms with Crippen molar-refractivity contribution in [2.75, 3.05) is 13.2 Å². The van der Waals surface area contributed by atoms with E-state index in [1.807, 2.05) is 12.1 Å². The summed E-state index contributed by atoms with van der Waals surface area (Å²) >= 11 is 0. The Morgan fingerprint density at radius 3 is 2.27 bits per heavy atom. The van der Waals surface area contributed by atoms with Crippen molar-refractivity contribution < 1.29 is 29.6 Å². The minimum atomic E-state index is -1.26. The number of rotatable bonds is 7. The molecular weight excluding hydrogens is 388 g/mol. The summed E-state index contributed by atoms with van der Waals surface area (Å²) in [7, 11) is 0. The van der Waals surface area contributed by atoms with Crippen LogP contribution < -0.4 is 4.74 Å². The Bertz CT molecular complexity index is 910. The van der Waals surface area contributed by atoms with Crippen LogP contribution in [0, 0.1) is 0 Å². The molecule has 30 heavy (non-hydrogen) atoms. The lowest BCUT2D eigenvalue weighted by Crippen LogP contribution is -2.16. The molecule has 8 heteroatoms. The van der Waals surface area contributed by atoms with Crippen LogP contribution in [-0.2, 0) is 16.1 Å². The number of carboxylic acid groups (broad SMARTS) is 2. The van der Waals surface area contributed by atoms with Crippen LogP contribution in [0.2, 0.25) is 0 Å². The summed E-state index contributed by atoms with van der Waals surface area (Å²) in [5, 5.41) is 24.9. The predicted octanol–water partition coefficient (Wildman–Crippen LogP) is 2.84. The van der Waals surface area contributed by atoms with Crippen molar-refractivity contribution in [2.45, 2.75) is 32.9 Å². The fraction of sp³-hybridized carbons (Fsp3) is 0.318. The first-order valence-electron chi connectivity index (χ1n) is 9.54. The van der Waals surface area contributed by atoms with Crippen molar-refractivity contribution in [3.63, 3.8) is 0 Å². The summed E-state index contributed by atoms with van der Waals surface area (Å²) < 4.78 is 7.96. The molecule has 0 saturated carbocycles. The first kappa shape index (κ1) is 22.9. The number of carbonyl (C=O) groups is 2. The van der Waals surface area contributed by atoms with Gasteiger partial charge in [-0.3, -0.25) is 4.99 Å². The van der Waals surface area contributed by atoms with Crippen molar-refractivity contribution in [2.24, 2.45) is 4.99 Å². The van der Waals surface area contributed by atoms with Gasteiger partial charge >= 0.3 is 11.9 Å². The molecule has 8 nitrogen and oxygen atoms in total. The van der Waals surface area contributed by atoms with Crippen LogP contribution in [0.5, 0.6) is 5.75 Å². The summed E-state index contributed by atoms with van der Waals surface area (Å²) in [5.41, 5.74) is 4.72. The lowest BCUT2D eigenvalue weighted by molar-refractivity contribution is -0.134. The number of hydrogen-bond donors (Lipinski definition) is 3. The summed E-state index contributed by atoms with van der Waals surface area (Å²) in [5.74, 6) is -1.67. The third-order valence-corrected chi connectivity index (χ3v) is 4.35. The molecular formula is C22H26N2O6. The van der Waals surface area contributed by atoms with Gasteiger partial charge in [0.2, 0.25) is 0 Å². The molecule has 0 bridgehead atoms. The van der Waals surface area contributed by atoms with Crippen molar-refractivity contribution in [3.05, 3.63) is 54.2 Å². The number of aliphatic carboxylic acids is 2. The maximum absolute atomic E-state index is 9.55. The molecule has 0 amide bonds. The highest BCUT2D eigenvalue weighted by molar-refractivity contribution is 5.98. The highest BCUT2D eigenvalue weighted by Gasteiger charge is 2.14. The van der Waals surface area contributed by atoms with Crippen molar-refractivity contribution >= 4 is 17.7 Å². The quantitative estimate of drug-likeness (QED) is 0.599. The number of aromatic nitrogens is 1. The zero-order chi connectivity index (χ0) is 22.1. The first-order valence-corrected chi connectivity index (χ1v) is 9.54. The molecule has 1 unspecified atom stereocenters. The highest BCUT2D eigenvalue weighted by atomic mass is 16.5. The molecule has 0 spiro atoms. The molecule has 1 aromatic carbocycles. The molecule has 1 aromatic heterocycles. The van der Waals surface area contributed by atoms with Crippen molar-refractivity contribution in [1.29, 1.82) is 0 Å². The monoisotopic (exact) mass is 414 g/mol. The van der Waals surface area contributed by atoms with E-state index in [0.29, 0.717) is 25.2 Å². The number of ether oxygens (including phenoxy) is 1.